The highest BCUT2D eigenvalue weighted by atomic mass is 16.5. The SMILES string of the molecule is COCCCNC(=O)c1cccc(C(=O)NC(C)c2ccccc2)n1. The van der Waals surface area contributed by atoms with E-state index >= 15 is 0 Å². The van der Waals surface area contributed by atoms with Crippen molar-refractivity contribution < 1.29 is 14.3 Å². The smallest absolute Gasteiger partial charge is 0.270 e. The molecular formula is C19H23N3O3. The molecule has 0 aliphatic rings. The number of carbonyl (C=O) groups is 2. The van der Waals surface area contributed by atoms with Gasteiger partial charge in [0.25, 0.3) is 11.8 Å². The van der Waals surface area contributed by atoms with Crippen molar-refractivity contribution in [3.8, 4) is 0 Å². The maximum atomic E-state index is 12.4. The van der Waals surface area contributed by atoms with Crippen molar-refractivity contribution in [2.45, 2.75) is 19.4 Å². The molecule has 6 nitrogen and oxygen atoms in total. The summed E-state index contributed by atoms with van der Waals surface area (Å²) in [7, 11) is 1.61. The van der Waals surface area contributed by atoms with Gasteiger partial charge in [-0.1, -0.05) is 36.4 Å². The van der Waals surface area contributed by atoms with Crippen LogP contribution in [0.5, 0.6) is 0 Å². The quantitative estimate of drug-likeness (QED) is 0.722. The fourth-order valence-corrected chi connectivity index (χ4v) is 2.29. The molecule has 1 unspecified atom stereocenters. The van der Waals surface area contributed by atoms with Gasteiger partial charge >= 0.3 is 0 Å². The monoisotopic (exact) mass is 341 g/mol. The highest BCUT2D eigenvalue weighted by Gasteiger charge is 2.14. The minimum Gasteiger partial charge on any atom is -0.385 e. The number of hydrogen-bond acceptors (Lipinski definition) is 4. The Kier molecular flexibility index (Phi) is 7.10. The Labute approximate surface area is 147 Å². The van der Waals surface area contributed by atoms with E-state index < -0.39 is 0 Å². The number of methoxy groups -OCH3 is 1. The van der Waals surface area contributed by atoms with Gasteiger partial charge in [0.2, 0.25) is 0 Å². The average molecular weight is 341 g/mol. The molecule has 1 heterocycles. The Morgan fingerprint density at radius 2 is 1.72 bits per heavy atom. The highest BCUT2D eigenvalue weighted by molar-refractivity contribution is 5.96. The summed E-state index contributed by atoms with van der Waals surface area (Å²) in [5, 5.41) is 5.64. The van der Waals surface area contributed by atoms with Crippen LogP contribution in [0.25, 0.3) is 0 Å². The molecule has 0 fully saturated rings. The minimum atomic E-state index is -0.314. The second kappa shape index (κ2) is 9.54. The molecule has 0 spiro atoms. The van der Waals surface area contributed by atoms with Crippen molar-refractivity contribution in [3.63, 3.8) is 0 Å². The molecule has 1 atom stereocenters. The van der Waals surface area contributed by atoms with Gasteiger partial charge in [-0.2, -0.15) is 0 Å². The summed E-state index contributed by atoms with van der Waals surface area (Å²) in [6.45, 7) is 2.98. The molecule has 0 saturated heterocycles. The fourth-order valence-electron chi connectivity index (χ4n) is 2.29. The molecule has 0 radical (unpaired) electrons. The molecule has 1 aromatic carbocycles. The minimum absolute atomic E-state index is 0.151. The predicted molar refractivity (Wildman–Crippen MR) is 95.4 cm³/mol. The van der Waals surface area contributed by atoms with Crippen molar-refractivity contribution in [1.29, 1.82) is 0 Å². The van der Waals surface area contributed by atoms with E-state index in [1.54, 1.807) is 25.3 Å². The normalized spacial score (nSPS) is 11.6. The molecule has 25 heavy (non-hydrogen) atoms. The molecule has 0 aliphatic carbocycles. The lowest BCUT2D eigenvalue weighted by Gasteiger charge is -2.14. The summed E-state index contributed by atoms with van der Waals surface area (Å²) in [6.07, 6.45) is 0.719. The Balaban J connectivity index is 1.97. The van der Waals surface area contributed by atoms with E-state index in [-0.39, 0.29) is 29.2 Å². The number of carbonyl (C=O) groups excluding carboxylic acids is 2. The number of amides is 2. The van der Waals surface area contributed by atoms with Crippen molar-refractivity contribution in [2.24, 2.45) is 0 Å². The number of rotatable bonds is 8. The third-order valence-electron chi connectivity index (χ3n) is 3.67. The first-order valence-corrected chi connectivity index (χ1v) is 8.22. The van der Waals surface area contributed by atoms with Crippen LogP contribution in [0.4, 0.5) is 0 Å². The maximum Gasteiger partial charge on any atom is 0.270 e. The average Bonchev–Trinajstić information content (AvgIpc) is 2.65. The summed E-state index contributed by atoms with van der Waals surface area (Å²) in [6, 6.07) is 14.3. The van der Waals surface area contributed by atoms with Gasteiger partial charge in [0.05, 0.1) is 6.04 Å². The van der Waals surface area contributed by atoms with E-state index in [0.29, 0.717) is 13.2 Å². The van der Waals surface area contributed by atoms with Gasteiger partial charge in [0, 0.05) is 20.3 Å². The topological polar surface area (TPSA) is 80.3 Å². The zero-order valence-corrected chi connectivity index (χ0v) is 14.5. The van der Waals surface area contributed by atoms with Gasteiger partial charge in [-0.25, -0.2) is 4.98 Å². The molecule has 6 heteroatoms. The van der Waals surface area contributed by atoms with Crippen LogP contribution in [-0.2, 0) is 4.74 Å². The number of hydrogen-bond donors (Lipinski definition) is 2. The van der Waals surface area contributed by atoms with E-state index in [4.69, 9.17) is 4.74 Å². The first-order valence-electron chi connectivity index (χ1n) is 8.22. The third-order valence-corrected chi connectivity index (χ3v) is 3.67. The number of aromatic nitrogens is 1. The first kappa shape index (κ1) is 18.6. The highest BCUT2D eigenvalue weighted by Crippen LogP contribution is 2.12. The Morgan fingerprint density at radius 1 is 1.04 bits per heavy atom. The van der Waals surface area contributed by atoms with Crippen LogP contribution >= 0.6 is 0 Å². The molecule has 0 aliphatic heterocycles. The standard InChI is InChI=1S/C19H23N3O3/c1-14(15-8-4-3-5-9-15)21-19(24)17-11-6-10-16(22-17)18(23)20-12-7-13-25-2/h3-6,8-11,14H,7,12-13H2,1-2H3,(H,20,23)(H,21,24). The van der Waals surface area contributed by atoms with Crippen LogP contribution in [0, 0.1) is 0 Å². The number of nitrogens with one attached hydrogen (secondary N) is 2. The van der Waals surface area contributed by atoms with E-state index in [1.807, 2.05) is 37.3 Å². The van der Waals surface area contributed by atoms with Crippen LogP contribution in [0.2, 0.25) is 0 Å². The number of ether oxygens (including phenoxy) is 1. The molecule has 0 saturated carbocycles. The van der Waals surface area contributed by atoms with Crippen LogP contribution in [0.1, 0.15) is 45.9 Å². The van der Waals surface area contributed by atoms with Crippen LogP contribution in [0.15, 0.2) is 48.5 Å². The van der Waals surface area contributed by atoms with Gasteiger partial charge in [-0.05, 0) is 31.0 Å². The van der Waals surface area contributed by atoms with Crippen molar-refractivity contribution in [2.75, 3.05) is 20.3 Å². The van der Waals surface area contributed by atoms with Crippen LogP contribution in [0.3, 0.4) is 0 Å². The second-order valence-corrected chi connectivity index (χ2v) is 5.62. The van der Waals surface area contributed by atoms with Crippen molar-refractivity contribution >= 4 is 11.8 Å². The summed E-state index contributed by atoms with van der Waals surface area (Å²) in [4.78, 5) is 28.6. The third kappa shape index (κ3) is 5.69. The fraction of sp³-hybridized carbons (Fsp3) is 0.316. The van der Waals surface area contributed by atoms with Crippen molar-refractivity contribution in [3.05, 3.63) is 65.5 Å². The molecule has 2 amide bonds. The van der Waals surface area contributed by atoms with E-state index in [2.05, 4.69) is 15.6 Å². The lowest BCUT2D eigenvalue weighted by Crippen LogP contribution is -2.29. The molecule has 2 rings (SSSR count). The Bertz CT molecular complexity index is 704. The molecule has 2 aromatic rings. The second-order valence-electron chi connectivity index (χ2n) is 5.62. The lowest BCUT2D eigenvalue weighted by molar-refractivity contribution is 0.0933. The van der Waals surface area contributed by atoms with Gasteiger partial charge in [-0.3, -0.25) is 9.59 Å². The lowest BCUT2D eigenvalue weighted by atomic mass is 10.1. The maximum absolute atomic E-state index is 12.4. The van der Waals surface area contributed by atoms with E-state index in [1.165, 1.54) is 0 Å². The first-order chi connectivity index (χ1) is 12.1. The van der Waals surface area contributed by atoms with Gasteiger partial charge in [0.15, 0.2) is 0 Å². The summed E-state index contributed by atoms with van der Waals surface area (Å²) in [5.41, 5.74) is 1.44. The molecule has 0 bridgehead atoms. The van der Waals surface area contributed by atoms with E-state index in [0.717, 1.165) is 12.0 Å². The summed E-state index contributed by atoms with van der Waals surface area (Å²) in [5.74, 6) is -0.618. The van der Waals surface area contributed by atoms with Crippen LogP contribution < -0.4 is 10.6 Å². The van der Waals surface area contributed by atoms with Crippen LogP contribution in [-0.4, -0.2) is 37.1 Å². The largest absolute Gasteiger partial charge is 0.385 e. The van der Waals surface area contributed by atoms with Gasteiger partial charge < -0.3 is 15.4 Å². The zero-order chi connectivity index (χ0) is 18.1. The zero-order valence-electron chi connectivity index (χ0n) is 14.5. The number of pyridine rings is 1. The molecule has 132 valence electrons. The summed E-state index contributed by atoms with van der Waals surface area (Å²) < 4.78 is 4.93. The number of benzene rings is 1. The molecule has 1 aromatic heterocycles. The molecular weight excluding hydrogens is 318 g/mol. The predicted octanol–water partition coefficient (Wildman–Crippen LogP) is 2.34. The molecule has 2 N–H and O–H groups in total. The van der Waals surface area contributed by atoms with Gasteiger partial charge in [0.1, 0.15) is 11.4 Å². The Hall–Kier alpha value is -2.73. The van der Waals surface area contributed by atoms with E-state index in [9.17, 15) is 9.59 Å². The Morgan fingerprint density at radius 3 is 2.40 bits per heavy atom. The number of nitrogens with zero attached hydrogens (tertiary/aromatic N) is 1. The van der Waals surface area contributed by atoms with Gasteiger partial charge in [-0.15, -0.1) is 0 Å². The summed E-state index contributed by atoms with van der Waals surface area (Å²) >= 11 is 0. The van der Waals surface area contributed by atoms with Crippen molar-refractivity contribution in [1.82, 2.24) is 15.6 Å².